The van der Waals surface area contributed by atoms with Gasteiger partial charge in [-0.25, -0.2) is 0 Å². The number of hydrogen-bond acceptors (Lipinski definition) is 1. The van der Waals surface area contributed by atoms with Gasteiger partial charge in [0.05, 0.1) is 0 Å². The Labute approximate surface area is 126 Å². The average Bonchev–Trinajstić information content (AvgIpc) is 2.41. The quantitative estimate of drug-likeness (QED) is 0.761. The smallest absolute Gasteiger partial charge is 0.0454 e. The molecule has 1 nitrogen and oxygen atoms in total. The zero-order valence-corrected chi connectivity index (χ0v) is 13.3. The van der Waals surface area contributed by atoms with Crippen molar-refractivity contribution in [2.75, 3.05) is 0 Å². The van der Waals surface area contributed by atoms with E-state index in [4.69, 9.17) is 23.2 Å². The van der Waals surface area contributed by atoms with Crippen molar-refractivity contribution in [2.45, 2.75) is 58.0 Å². The topological polar surface area (TPSA) is 12.0 Å². The highest BCUT2D eigenvalue weighted by Gasteiger charge is 2.22. The summed E-state index contributed by atoms with van der Waals surface area (Å²) in [6.45, 7) is 4.47. The second kappa shape index (κ2) is 6.97. The van der Waals surface area contributed by atoms with Gasteiger partial charge in [0, 0.05) is 22.1 Å². The van der Waals surface area contributed by atoms with E-state index in [0.29, 0.717) is 6.04 Å². The van der Waals surface area contributed by atoms with E-state index in [1.165, 1.54) is 32.1 Å². The monoisotopic (exact) mass is 299 g/mol. The average molecular weight is 300 g/mol. The number of hydrogen-bond donors (Lipinski definition) is 1. The minimum absolute atomic E-state index is 0.256. The van der Waals surface area contributed by atoms with E-state index in [2.05, 4.69) is 19.2 Å². The molecule has 3 unspecified atom stereocenters. The Balaban J connectivity index is 2.00. The highest BCUT2D eigenvalue weighted by atomic mass is 35.5. The molecule has 1 aliphatic carbocycles. The Morgan fingerprint density at radius 3 is 2.84 bits per heavy atom. The first-order valence-corrected chi connectivity index (χ1v) is 8.06. The third-order valence-corrected chi connectivity index (χ3v) is 4.85. The van der Waals surface area contributed by atoms with Gasteiger partial charge < -0.3 is 5.32 Å². The maximum absolute atomic E-state index is 6.27. The predicted octanol–water partition coefficient (Wildman–Crippen LogP) is 5.61. The number of halogens is 2. The molecule has 2 rings (SSSR count). The summed E-state index contributed by atoms with van der Waals surface area (Å²) in [7, 11) is 0. The van der Waals surface area contributed by atoms with Crippen LogP contribution in [0.15, 0.2) is 18.2 Å². The highest BCUT2D eigenvalue weighted by molar-refractivity contribution is 6.33. The minimum atomic E-state index is 0.256. The van der Waals surface area contributed by atoms with Gasteiger partial charge in [-0.15, -0.1) is 0 Å². The first kappa shape index (κ1) is 15.2. The molecule has 1 N–H and O–H groups in total. The fourth-order valence-electron chi connectivity index (χ4n) is 3.10. The van der Waals surface area contributed by atoms with Crippen LogP contribution in [0.3, 0.4) is 0 Å². The Morgan fingerprint density at radius 2 is 2.11 bits per heavy atom. The van der Waals surface area contributed by atoms with Crippen LogP contribution in [0.1, 0.15) is 57.6 Å². The SMILES string of the molecule is CCC1CCCC(NC(C)c2cc(Cl)ccc2Cl)C1. The summed E-state index contributed by atoms with van der Waals surface area (Å²) in [5.74, 6) is 0.883. The zero-order chi connectivity index (χ0) is 13.8. The van der Waals surface area contributed by atoms with Crippen molar-refractivity contribution in [3.63, 3.8) is 0 Å². The molecule has 1 aliphatic rings. The molecule has 0 amide bonds. The first-order valence-electron chi connectivity index (χ1n) is 7.31. The van der Waals surface area contributed by atoms with Gasteiger partial charge >= 0.3 is 0 Å². The van der Waals surface area contributed by atoms with Crippen LogP contribution in [-0.4, -0.2) is 6.04 Å². The number of benzene rings is 1. The third kappa shape index (κ3) is 4.11. The minimum Gasteiger partial charge on any atom is -0.307 e. The van der Waals surface area contributed by atoms with Crippen LogP contribution in [0, 0.1) is 5.92 Å². The molecule has 0 radical (unpaired) electrons. The third-order valence-electron chi connectivity index (χ3n) is 4.27. The lowest BCUT2D eigenvalue weighted by molar-refractivity contribution is 0.266. The van der Waals surface area contributed by atoms with Gasteiger partial charge in [-0.1, -0.05) is 49.4 Å². The molecule has 0 aromatic heterocycles. The van der Waals surface area contributed by atoms with Crippen molar-refractivity contribution >= 4 is 23.2 Å². The molecular formula is C16H23Cl2N. The first-order chi connectivity index (χ1) is 9.10. The summed E-state index contributed by atoms with van der Waals surface area (Å²) < 4.78 is 0. The van der Waals surface area contributed by atoms with E-state index in [-0.39, 0.29) is 6.04 Å². The van der Waals surface area contributed by atoms with Crippen molar-refractivity contribution in [1.29, 1.82) is 0 Å². The van der Waals surface area contributed by atoms with Crippen molar-refractivity contribution in [1.82, 2.24) is 5.32 Å². The highest BCUT2D eigenvalue weighted by Crippen LogP contribution is 2.30. The van der Waals surface area contributed by atoms with Crippen LogP contribution in [0.5, 0.6) is 0 Å². The molecule has 0 bridgehead atoms. The standard InChI is InChI=1S/C16H23Cl2N/c1-3-12-5-4-6-14(9-12)19-11(2)15-10-13(17)7-8-16(15)18/h7-8,10-12,14,19H,3-6,9H2,1-2H3. The zero-order valence-electron chi connectivity index (χ0n) is 11.8. The largest absolute Gasteiger partial charge is 0.307 e. The molecule has 1 aromatic rings. The molecule has 1 saturated carbocycles. The van der Waals surface area contributed by atoms with Gasteiger partial charge in [0.1, 0.15) is 0 Å². The second-order valence-corrected chi connectivity index (χ2v) is 6.54. The molecule has 0 aliphatic heterocycles. The summed E-state index contributed by atoms with van der Waals surface area (Å²) in [5, 5.41) is 5.28. The lowest BCUT2D eigenvalue weighted by Crippen LogP contribution is -2.35. The van der Waals surface area contributed by atoms with Gasteiger partial charge in [-0.3, -0.25) is 0 Å². The van der Waals surface area contributed by atoms with Gasteiger partial charge in [0.2, 0.25) is 0 Å². The van der Waals surface area contributed by atoms with Gasteiger partial charge in [-0.2, -0.15) is 0 Å². The van der Waals surface area contributed by atoms with Crippen molar-refractivity contribution in [2.24, 2.45) is 5.92 Å². The maximum Gasteiger partial charge on any atom is 0.0454 e. The normalized spacial score (nSPS) is 25.3. The molecule has 0 saturated heterocycles. The number of rotatable bonds is 4. The Morgan fingerprint density at radius 1 is 1.32 bits per heavy atom. The summed E-state index contributed by atoms with van der Waals surface area (Å²) in [5.41, 5.74) is 1.10. The molecule has 1 fully saturated rings. The summed E-state index contributed by atoms with van der Waals surface area (Å²) in [4.78, 5) is 0. The number of nitrogens with one attached hydrogen (secondary N) is 1. The molecule has 3 heteroatoms. The molecule has 0 spiro atoms. The molecule has 0 heterocycles. The van der Waals surface area contributed by atoms with E-state index >= 15 is 0 Å². The summed E-state index contributed by atoms with van der Waals surface area (Å²) in [6, 6.07) is 6.57. The Bertz CT molecular complexity index is 419. The Kier molecular flexibility index (Phi) is 5.56. The van der Waals surface area contributed by atoms with Crippen LogP contribution in [0.2, 0.25) is 10.0 Å². The molecule has 19 heavy (non-hydrogen) atoms. The van der Waals surface area contributed by atoms with Crippen LogP contribution < -0.4 is 5.32 Å². The lowest BCUT2D eigenvalue weighted by atomic mass is 9.84. The molecule has 106 valence electrons. The summed E-state index contributed by atoms with van der Waals surface area (Å²) >= 11 is 12.3. The predicted molar refractivity (Wildman–Crippen MR) is 84.0 cm³/mol. The van der Waals surface area contributed by atoms with Gasteiger partial charge in [-0.05, 0) is 49.4 Å². The van der Waals surface area contributed by atoms with Crippen LogP contribution in [0.4, 0.5) is 0 Å². The molecule has 1 aromatic carbocycles. The maximum atomic E-state index is 6.27. The lowest BCUT2D eigenvalue weighted by Gasteiger charge is -2.31. The summed E-state index contributed by atoms with van der Waals surface area (Å²) in [6.07, 6.45) is 6.59. The van der Waals surface area contributed by atoms with Crippen molar-refractivity contribution in [3.05, 3.63) is 33.8 Å². The second-order valence-electron chi connectivity index (χ2n) is 5.69. The van der Waals surface area contributed by atoms with Gasteiger partial charge in [0.15, 0.2) is 0 Å². The van der Waals surface area contributed by atoms with Crippen molar-refractivity contribution in [3.8, 4) is 0 Å². The molecular weight excluding hydrogens is 277 g/mol. The van der Waals surface area contributed by atoms with Crippen LogP contribution in [0.25, 0.3) is 0 Å². The van der Waals surface area contributed by atoms with Crippen LogP contribution in [-0.2, 0) is 0 Å². The Hall–Kier alpha value is -0.240. The van der Waals surface area contributed by atoms with E-state index in [1.54, 1.807) is 0 Å². The van der Waals surface area contributed by atoms with E-state index in [9.17, 15) is 0 Å². The van der Waals surface area contributed by atoms with E-state index < -0.39 is 0 Å². The van der Waals surface area contributed by atoms with E-state index in [0.717, 1.165) is 21.5 Å². The fraction of sp³-hybridized carbons (Fsp3) is 0.625. The van der Waals surface area contributed by atoms with Gasteiger partial charge in [0.25, 0.3) is 0 Å². The van der Waals surface area contributed by atoms with Crippen molar-refractivity contribution < 1.29 is 0 Å². The van der Waals surface area contributed by atoms with Crippen LogP contribution >= 0.6 is 23.2 Å². The fourth-order valence-corrected chi connectivity index (χ4v) is 3.56. The van der Waals surface area contributed by atoms with E-state index in [1.807, 2.05) is 18.2 Å². The molecule has 3 atom stereocenters.